The molecule has 2 rings (SSSR count). The molecule has 0 atom stereocenters. The van der Waals surface area contributed by atoms with Gasteiger partial charge in [-0.1, -0.05) is 0 Å². The zero-order valence-electron chi connectivity index (χ0n) is 9.12. The van der Waals surface area contributed by atoms with E-state index in [4.69, 9.17) is 5.11 Å². The maximum atomic E-state index is 11.5. The minimum atomic E-state index is -1.23. The Kier molecular flexibility index (Phi) is 2.74. The van der Waals surface area contributed by atoms with Crippen LogP contribution in [-0.4, -0.2) is 20.6 Å². The molecule has 0 bridgehead atoms. The Balaban J connectivity index is 2.67. The van der Waals surface area contributed by atoms with Gasteiger partial charge in [-0.05, 0) is 19.1 Å². The number of rotatable bonds is 2. The summed E-state index contributed by atoms with van der Waals surface area (Å²) in [5, 5.41) is 8.90. The van der Waals surface area contributed by atoms with E-state index in [0.29, 0.717) is 11.4 Å². The van der Waals surface area contributed by atoms with Crippen LogP contribution in [0.4, 0.5) is 0 Å². The molecular formula is C12H10N2O3. The van der Waals surface area contributed by atoms with Crippen LogP contribution in [0.25, 0.3) is 5.69 Å². The summed E-state index contributed by atoms with van der Waals surface area (Å²) < 4.78 is 1.62. The standard InChI is InChI=1S/C12H10N2O3/c1-8-5-11(15)10(12(16)17)7-14(8)9-3-2-4-13-6-9/h2-7H,1H3,(H,16,17). The van der Waals surface area contributed by atoms with Gasteiger partial charge in [0.05, 0.1) is 11.9 Å². The molecule has 2 aromatic rings. The van der Waals surface area contributed by atoms with Gasteiger partial charge in [-0.25, -0.2) is 4.79 Å². The van der Waals surface area contributed by atoms with Gasteiger partial charge in [0, 0.05) is 24.2 Å². The smallest absolute Gasteiger partial charge is 0.341 e. The van der Waals surface area contributed by atoms with E-state index in [1.165, 1.54) is 12.3 Å². The van der Waals surface area contributed by atoms with Gasteiger partial charge in [-0.15, -0.1) is 0 Å². The van der Waals surface area contributed by atoms with Crippen LogP contribution < -0.4 is 5.43 Å². The molecule has 2 heterocycles. The first-order valence-corrected chi connectivity index (χ1v) is 4.96. The largest absolute Gasteiger partial charge is 0.477 e. The Hall–Kier alpha value is -2.43. The molecule has 0 spiro atoms. The molecule has 0 amide bonds. The molecule has 0 saturated carbocycles. The Morgan fingerprint density at radius 2 is 2.24 bits per heavy atom. The van der Waals surface area contributed by atoms with Crippen LogP contribution in [0.3, 0.4) is 0 Å². The molecule has 0 fully saturated rings. The first-order chi connectivity index (χ1) is 8.09. The lowest BCUT2D eigenvalue weighted by atomic mass is 10.2. The van der Waals surface area contributed by atoms with Crippen LogP contribution in [0.2, 0.25) is 0 Å². The second kappa shape index (κ2) is 4.21. The zero-order chi connectivity index (χ0) is 12.4. The molecule has 5 nitrogen and oxygen atoms in total. The molecule has 2 aromatic heterocycles. The third-order valence-electron chi connectivity index (χ3n) is 2.40. The van der Waals surface area contributed by atoms with E-state index in [2.05, 4.69) is 4.98 Å². The predicted octanol–water partition coefficient (Wildman–Crippen LogP) is 1.24. The average molecular weight is 230 g/mol. The molecule has 5 heteroatoms. The van der Waals surface area contributed by atoms with Gasteiger partial charge < -0.3 is 9.67 Å². The SMILES string of the molecule is Cc1cc(=O)c(C(=O)O)cn1-c1cccnc1. The van der Waals surface area contributed by atoms with Crippen LogP contribution in [-0.2, 0) is 0 Å². The molecule has 0 aliphatic rings. The summed E-state index contributed by atoms with van der Waals surface area (Å²) in [6.45, 7) is 1.74. The van der Waals surface area contributed by atoms with Crippen molar-refractivity contribution in [2.75, 3.05) is 0 Å². The van der Waals surface area contributed by atoms with Crippen molar-refractivity contribution in [3.8, 4) is 5.69 Å². The highest BCUT2D eigenvalue weighted by Crippen LogP contribution is 2.09. The topological polar surface area (TPSA) is 72.2 Å². The lowest BCUT2D eigenvalue weighted by Crippen LogP contribution is -2.18. The molecule has 0 aliphatic heterocycles. The van der Waals surface area contributed by atoms with Crippen molar-refractivity contribution in [1.82, 2.24) is 9.55 Å². The number of nitrogens with zero attached hydrogens (tertiary/aromatic N) is 2. The summed E-state index contributed by atoms with van der Waals surface area (Å²) in [6.07, 6.45) is 4.54. The number of aryl methyl sites for hydroxylation is 1. The van der Waals surface area contributed by atoms with Crippen LogP contribution >= 0.6 is 0 Å². The molecule has 17 heavy (non-hydrogen) atoms. The average Bonchev–Trinajstić information content (AvgIpc) is 2.29. The second-order valence-electron chi connectivity index (χ2n) is 3.58. The molecule has 0 radical (unpaired) electrons. The van der Waals surface area contributed by atoms with Crippen molar-refractivity contribution < 1.29 is 9.90 Å². The van der Waals surface area contributed by atoms with Crippen LogP contribution in [0.5, 0.6) is 0 Å². The van der Waals surface area contributed by atoms with E-state index in [1.807, 2.05) is 0 Å². The zero-order valence-corrected chi connectivity index (χ0v) is 9.12. The van der Waals surface area contributed by atoms with Gasteiger partial charge in [0.25, 0.3) is 0 Å². The number of aromatic nitrogens is 2. The van der Waals surface area contributed by atoms with Crippen molar-refractivity contribution >= 4 is 5.97 Å². The number of aromatic carboxylic acids is 1. The van der Waals surface area contributed by atoms with Crippen LogP contribution in [0.15, 0.2) is 41.6 Å². The summed E-state index contributed by atoms with van der Waals surface area (Å²) in [6, 6.07) is 4.83. The number of carboxylic acid groups (broad SMARTS) is 1. The fraction of sp³-hybridized carbons (Fsp3) is 0.0833. The van der Waals surface area contributed by atoms with Crippen molar-refractivity contribution in [1.29, 1.82) is 0 Å². The van der Waals surface area contributed by atoms with Crippen molar-refractivity contribution in [3.63, 3.8) is 0 Å². The van der Waals surface area contributed by atoms with Gasteiger partial charge in [0.1, 0.15) is 5.56 Å². The van der Waals surface area contributed by atoms with E-state index in [9.17, 15) is 9.59 Å². The van der Waals surface area contributed by atoms with Crippen LogP contribution in [0.1, 0.15) is 16.1 Å². The van der Waals surface area contributed by atoms with Gasteiger partial charge in [-0.2, -0.15) is 0 Å². The Labute approximate surface area is 97.0 Å². The first kappa shape index (κ1) is 11.1. The second-order valence-corrected chi connectivity index (χ2v) is 3.58. The minimum Gasteiger partial charge on any atom is -0.477 e. The lowest BCUT2D eigenvalue weighted by Gasteiger charge is -2.10. The van der Waals surface area contributed by atoms with E-state index in [0.717, 1.165) is 0 Å². The van der Waals surface area contributed by atoms with Crippen molar-refractivity contribution in [2.24, 2.45) is 0 Å². The first-order valence-electron chi connectivity index (χ1n) is 4.96. The summed E-state index contributed by atoms with van der Waals surface area (Å²) in [5.74, 6) is -1.23. The Bertz CT molecular complexity index is 617. The van der Waals surface area contributed by atoms with Gasteiger partial charge in [-0.3, -0.25) is 9.78 Å². The monoisotopic (exact) mass is 230 g/mol. The molecule has 86 valence electrons. The molecule has 1 N–H and O–H groups in total. The van der Waals surface area contributed by atoms with Crippen molar-refractivity contribution in [3.05, 3.63) is 58.3 Å². The van der Waals surface area contributed by atoms with Gasteiger partial charge in [0.2, 0.25) is 0 Å². The van der Waals surface area contributed by atoms with Gasteiger partial charge in [0.15, 0.2) is 5.43 Å². The molecular weight excluding hydrogens is 220 g/mol. The third-order valence-corrected chi connectivity index (χ3v) is 2.40. The Morgan fingerprint density at radius 3 is 2.82 bits per heavy atom. The number of carboxylic acids is 1. The number of pyridine rings is 2. The lowest BCUT2D eigenvalue weighted by molar-refractivity contribution is 0.0695. The summed E-state index contributed by atoms with van der Waals surface area (Å²) in [4.78, 5) is 26.3. The fourth-order valence-corrected chi connectivity index (χ4v) is 1.57. The molecule has 0 aromatic carbocycles. The number of hydrogen-bond acceptors (Lipinski definition) is 3. The number of hydrogen-bond donors (Lipinski definition) is 1. The normalized spacial score (nSPS) is 10.2. The molecule has 0 saturated heterocycles. The summed E-state index contributed by atoms with van der Waals surface area (Å²) in [5.41, 5.74) is 0.634. The maximum Gasteiger partial charge on any atom is 0.341 e. The summed E-state index contributed by atoms with van der Waals surface area (Å²) >= 11 is 0. The quantitative estimate of drug-likeness (QED) is 0.842. The van der Waals surface area contributed by atoms with Crippen molar-refractivity contribution in [2.45, 2.75) is 6.92 Å². The van der Waals surface area contributed by atoms with E-state index < -0.39 is 11.4 Å². The molecule has 0 unspecified atom stereocenters. The van der Waals surface area contributed by atoms with E-state index >= 15 is 0 Å². The predicted molar refractivity (Wildman–Crippen MR) is 61.5 cm³/mol. The van der Waals surface area contributed by atoms with E-state index in [-0.39, 0.29) is 5.56 Å². The minimum absolute atomic E-state index is 0.251. The third kappa shape index (κ3) is 2.08. The van der Waals surface area contributed by atoms with Crippen LogP contribution in [0, 0.1) is 6.92 Å². The number of carbonyl (C=O) groups is 1. The van der Waals surface area contributed by atoms with Gasteiger partial charge >= 0.3 is 5.97 Å². The fourth-order valence-electron chi connectivity index (χ4n) is 1.57. The highest BCUT2D eigenvalue weighted by atomic mass is 16.4. The summed E-state index contributed by atoms with van der Waals surface area (Å²) in [7, 11) is 0. The highest BCUT2D eigenvalue weighted by molar-refractivity contribution is 5.87. The Morgan fingerprint density at radius 1 is 1.47 bits per heavy atom. The van der Waals surface area contributed by atoms with E-state index in [1.54, 1.807) is 36.0 Å². The highest BCUT2D eigenvalue weighted by Gasteiger charge is 2.11. The maximum absolute atomic E-state index is 11.5. The molecule has 0 aliphatic carbocycles.